The number of ether oxygens (including phenoxy) is 1. The normalized spacial score (nSPS) is 15.7. The predicted molar refractivity (Wildman–Crippen MR) is 104 cm³/mol. The third kappa shape index (κ3) is 5.55. The Balaban J connectivity index is 1.47. The van der Waals surface area contributed by atoms with Gasteiger partial charge in [0, 0.05) is 30.1 Å². The maximum Gasteiger partial charge on any atom is 0.307 e. The second-order valence-electron chi connectivity index (χ2n) is 6.89. The van der Waals surface area contributed by atoms with Crippen molar-refractivity contribution in [2.45, 2.75) is 51.6 Å². The van der Waals surface area contributed by atoms with Gasteiger partial charge in [0.2, 0.25) is 11.7 Å². The Hall–Kier alpha value is -2.41. The van der Waals surface area contributed by atoms with Gasteiger partial charge in [-0.1, -0.05) is 29.6 Å². The number of benzene rings is 1. The van der Waals surface area contributed by atoms with Gasteiger partial charge in [0.15, 0.2) is 6.10 Å². The quantitative estimate of drug-likeness (QED) is 0.682. The molecule has 2 heterocycles. The fourth-order valence-electron chi connectivity index (χ4n) is 3.14. The molecule has 0 spiro atoms. The highest BCUT2D eigenvalue weighted by molar-refractivity contribution is 6.30. The van der Waals surface area contributed by atoms with Gasteiger partial charge in [-0.05, 0) is 44.0 Å². The van der Waals surface area contributed by atoms with Crippen molar-refractivity contribution in [3.63, 3.8) is 0 Å². The van der Waals surface area contributed by atoms with Crippen LogP contribution in [0.3, 0.4) is 0 Å². The Morgan fingerprint density at radius 3 is 2.54 bits per heavy atom. The SMILES string of the molecule is CC(OC(=O)CCc1nc(-c2ccc(Cl)cc2)no1)C(=O)N1CCCCCC1. The first kappa shape index (κ1) is 20.3. The molecule has 1 aromatic heterocycles. The minimum absolute atomic E-state index is 0.0693. The fourth-order valence-corrected chi connectivity index (χ4v) is 3.26. The van der Waals surface area contributed by atoms with E-state index in [1.54, 1.807) is 36.1 Å². The van der Waals surface area contributed by atoms with Gasteiger partial charge in [-0.2, -0.15) is 4.98 Å². The van der Waals surface area contributed by atoms with Crippen LogP contribution >= 0.6 is 11.6 Å². The van der Waals surface area contributed by atoms with E-state index in [4.69, 9.17) is 20.9 Å². The molecule has 0 saturated carbocycles. The molecule has 0 N–H and O–H groups in total. The highest BCUT2D eigenvalue weighted by atomic mass is 35.5. The molecule has 1 atom stereocenters. The zero-order chi connectivity index (χ0) is 19.9. The van der Waals surface area contributed by atoms with Crippen LogP contribution in [0.5, 0.6) is 0 Å². The lowest BCUT2D eigenvalue weighted by Gasteiger charge is -2.23. The van der Waals surface area contributed by atoms with Crippen molar-refractivity contribution in [2.75, 3.05) is 13.1 Å². The Labute approximate surface area is 169 Å². The molecule has 0 bridgehead atoms. The van der Waals surface area contributed by atoms with Crippen LogP contribution in [0.2, 0.25) is 5.02 Å². The number of amides is 1. The van der Waals surface area contributed by atoms with Crippen LogP contribution in [0.1, 0.15) is 44.9 Å². The van der Waals surface area contributed by atoms with Gasteiger partial charge in [-0.3, -0.25) is 9.59 Å². The number of esters is 1. The maximum atomic E-state index is 12.4. The van der Waals surface area contributed by atoms with Crippen LogP contribution in [-0.4, -0.2) is 46.1 Å². The number of carbonyl (C=O) groups excluding carboxylic acids is 2. The molecule has 3 rings (SSSR count). The molecule has 1 aliphatic heterocycles. The summed E-state index contributed by atoms with van der Waals surface area (Å²) in [4.78, 5) is 30.6. The topological polar surface area (TPSA) is 85.5 Å². The summed E-state index contributed by atoms with van der Waals surface area (Å²) in [6, 6.07) is 7.07. The number of likely N-dealkylation sites (tertiary alicyclic amines) is 1. The van der Waals surface area contributed by atoms with Gasteiger partial charge in [-0.15, -0.1) is 0 Å². The molecule has 7 nitrogen and oxygen atoms in total. The zero-order valence-corrected chi connectivity index (χ0v) is 16.7. The number of hydrogen-bond acceptors (Lipinski definition) is 6. The molecule has 1 saturated heterocycles. The Morgan fingerprint density at radius 2 is 1.86 bits per heavy atom. The average molecular weight is 406 g/mol. The van der Waals surface area contributed by atoms with E-state index in [-0.39, 0.29) is 18.7 Å². The lowest BCUT2D eigenvalue weighted by atomic mass is 10.2. The van der Waals surface area contributed by atoms with Crippen molar-refractivity contribution in [3.05, 3.63) is 35.2 Å². The first-order valence-electron chi connectivity index (χ1n) is 9.60. The van der Waals surface area contributed by atoms with Gasteiger partial charge in [0.25, 0.3) is 5.91 Å². The highest BCUT2D eigenvalue weighted by Crippen LogP contribution is 2.19. The van der Waals surface area contributed by atoms with Crippen molar-refractivity contribution in [1.82, 2.24) is 15.0 Å². The van der Waals surface area contributed by atoms with Gasteiger partial charge < -0.3 is 14.2 Å². The molecular weight excluding hydrogens is 382 g/mol. The van der Waals surface area contributed by atoms with E-state index in [9.17, 15) is 9.59 Å². The summed E-state index contributed by atoms with van der Waals surface area (Å²) < 4.78 is 10.5. The Bertz CT molecular complexity index is 798. The Morgan fingerprint density at radius 1 is 1.18 bits per heavy atom. The van der Waals surface area contributed by atoms with E-state index in [0.29, 0.717) is 16.7 Å². The average Bonchev–Trinajstić information content (AvgIpc) is 2.99. The van der Waals surface area contributed by atoms with Gasteiger partial charge in [0.05, 0.1) is 6.42 Å². The molecule has 2 aromatic rings. The monoisotopic (exact) mass is 405 g/mol. The van der Waals surface area contributed by atoms with Gasteiger partial charge in [-0.25, -0.2) is 0 Å². The van der Waals surface area contributed by atoms with Crippen molar-refractivity contribution in [3.8, 4) is 11.4 Å². The molecule has 0 aliphatic carbocycles. The zero-order valence-electron chi connectivity index (χ0n) is 15.9. The second-order valence-corrected chi connectivity index (χ2v) is 7.33. The smallest absolute Gasteiger partial charge is 0.307 e. The predicted octanol–water partition coefficient (Wildman–Crippen LogP) is 3.66. The maximum absolute atomic E-state index is 12.4. The summed E-state index contributed by atoms with van der Waals surface area (Å²) in [7, 11) is 0. The molecule has 28 heavy (non-hydrogen) atoms. The van der Waals surface area contributed by atoms with Crippen molar-refractivity contribution in [1.29, 1.82) is 0 Å². The van der Waals surface area contributed by atoms with E-state index in [0.717, 1.165) is 44.3 Å². The van der Waals surface area contributed by atoms with Crippen LogP contribution in [0.4, 0.5) is 0 Å². The molecule has 1 unspecified atom stereocenters. The van der Waals surface area contributed by atoms with Crippen LogP contribution in [0.15, 0.2) is 28.8 Å². The molecule has 1 amide bonds. The molecule has 0 radical (unpaired) electrons. The standard InChI is InChI=1S/C20H24ClN3O4/c1-14(20(26)24-12-4-2-3-5-13-24)27-18(25)11-10-17-22-19(23-28-17)15-6-8-16(21)9-7-15/h6-9,14H,2-5,10-13H2,1H3. The van der Waals surface area contributed by atoms with E-state index >= 15 is 0 Å². The fraction of sp³-hybridized carbons (Fsp3) is 0.500. The molecule has 150 valence electrons. The largest absolute Gasteiger partial charge is 0.453 e. The summed E-state index contributed by atoms with van der Waals surface area (Å²) in [6.45, 7) is 3.09. The first-order valence-corrected chi connectivity index (χ1v) is 9.97. The van der Waals surface area contributed by atoms with Crippen LogP contribution in [-0.2, 0) is 20.7 Å². The Kier molecular flexibility index (Phi) is 7.03. The summed E-state index contributed by atoms with van der Waals surface area (Å²) in [5, 5.41) is 4.54. The number of aromatic nitrogens is 2. The minimum Gasteiger partial charge on any atom is -0.453 e. The van der Waals surface area contributed by atoms with Gasteiger partial charge >= 0.3 is 5.97 Å². The highest BCUT2D eigenvalue weighted by Gasteiger charge is 2.24. The summed E-state index contributed by atoms with van der Waals surface area (Å²) in [5.41, 5.74) is 0.777. The number of rotatable bonds is 6. The van der Waals surface area contributed by atoms with E-state index in [2.05, 4.69) is 10.1 Å². The van der Waals surface area contributed by atoms with Crippen molar-refractivity contribution < 1.29 is 18.8 Å². The van der Waals surface area contributed by atoms with Crippen LogP contribution < -0.4 is 0 Å². The molecule has 1 fully saturated rings. The van der Waals surface area contributed by atoms with E-state index in [1.165, 1.54) is 0 Å². The third-order valence-electron chi connectivity index (χ3n) is 4.69. The first-order chi connectivity index (χ1) is 13.5. The van der Waals surface area contributed by atoms with Gasteiger partial charge in [0.1, 0.15) is 0 Å². The van der Waals surface area contributed by atoms with Crippen molar-refractivity contribution in [2.24, 2.45) is 0 Å². The lowest BCUT2D eigenvalue weighted by Crippen LogP contribution is -2.40. The van der Waals surface area contributed by atoms with E-state index < -0.39 is 12.1 Å². The van der Waals surface area contributed by atoms with Crippen molar-refractivity contribution >= 4 is 23.5 Å². The van der Waals surface area contributed by atoms with Crippen LogP contribution in [0.25, 0.3) is 11.4 Å². The third-order valence-corrected chi connectivity index (χ3v) is 4.94. The number of aryl methyl sites for hydroxylation is 1. The van der Waals surface area contributed by atoms with E-state index in [1.807, 2.05) is 0 Å². The lowest BCUT2D eigenvalue weighted by molar-refractivity contribution is -0.159. The minimum atomic E-state index is -0.780. The number of carbonyl (C=O) groups is 2. The summed E-state index contributed by atoms with van der Waals surface area (Å²) in [6.07, 6.45) is 3.82. The second kappa shape index (κ2) is 9.68. The number of halogens is 1. The molecular formula is C20H24ClN3O4. The number of hydrogen-bond donors (Lipinski definition) is 0. The van der Waals surface area contributed by atoms with Crippen LogP contribution in [0, 0.1) is 0 Å². The molecule has 1 aromatic carbocycles. The summed E-state index contributed by atoms with van der Waals surface area (Å²) >= 11 is 5.87. The molecule has 8 heteroatoms. The molecule has 1 aliphatic rings. The summed E-state index contributed by atoms with van der Waals surface area (Å²) in [5.74, 6) is 0.193. The number of nitrogens with zero attached hydrogens (tertiary/aromatic N) is 3.